The van der Waals surface area contributed by atoms with Gasteiger partial charge in [0.25, 0.3) is 15.9 Å². The van der Waals surface area contributed by atoms with Crippen molar-refractivity contribution in [1.29, 1.82) is 0 Å². The first-order valence-corrected chi connectivity index (χ1v) is 11.4. The van der Waals surface area contributed by atoms with Crippen LogP contribution in [0, 0.1) is 0 Å². The van der Waals surface area contributed by atoms with E-state index in [-0.39, 0.29) is 16.9 Å². The zero-order valence-electron chi connectivity index (χ0n) is 16.6. The van der Waals surface area contributed by atoms with Crippen molar-refractivity contribution in [3.8, 4) is 0 Å². The fourth-order valence-corrected chi connectivity index (χ4v) is 4.29. The van der Waals surface area contributed by atoms with Crippen LogP contribution in [-0.4, -0.2) is 14.3 Å². The number of amides is 1. The number of halogens is 7. The second-order valence-corrected chi connectivity index (χ2v) is 9.45. The van der Waals surface area contributed by atoms with E-state index in [1.54, 1.807) is 0 Å². The van der Waals surface area contributed by atoms with Gasteiger partial charge in [-0.25, -0.2) is 8.42 Å². The second-order valence-electron chi connectivity index (χ2n) is 6.85. The molecule has 0 unspecified atom stereocenters. The maximum atomic E-state index is 13.0. The van der Waals surface area contributed by atoms with Crippen molar-refractivity contribution < 1.29 is 39.6 Å². The molecule has 0 saturated heterocycles. The Hall–Kier alpha value is -3.06. The highest BCUT2D eigenvalue weighted by molar-refractivity contribution is 9.10. The van der Waals surface area contributed by atoms with Crippen molar-refractivity contribution in [2.45, 2.75) is 17.2 Å². The summed E-state index contributed by atoms with van der Waals surface area (Å²) >= 11 is 3.11. The van der Waals surface area contributed by atoms with Crippen LogP contribution >= 0.6 is 15.9 Å². The predicted molar refractivity (Wildman–Crippen MR) is 116 cm³/mol. The highest BCUT2D eigenvalue weighted by Gasteiger charge is 2.32. The SMILES string of the molecule is O=C(Nc1cccc(C(F)(F)F)c1)c1cc(Br)ccc1NS(=O)(=O)c1cccc(C(F)(F)F)c1. The van der Waals surface area contributed by atoms with Crippen molar-refractivity contribution >= 4 is 43.2 Å². The van der Waals surface area contributed by atoms with Crippen LogP contribution in [0.2, 0.25) is 0 Å². The molecule has 0 aliphatic heterocycles. The van der Waals surface area contributed by atoms with E-state index in [4.69, 9.17) is 0 Å². The predicted octanol–water partition coefficient (Wildman–Crippen LogP) is 6.54. The fraction of sp³-hybridized carbons (Fsp3) is 0.0952. The number of nitrogens with one attached hydrogen (secondary N) is 2. The van der Waals surface area contributed by atoms with Crippen LogP contribution in [-0.2, 0) is 22.4 Å². The zero-order valence-corrected chi connectivity index (χ0v) is 19.0. The van der Waals surface area contributed by atoms with E-state index in [0.717, 1.165) is 24.3 Å². The summed E-state index contributed by atoms with van der Waals surface area (Å²) in [6, 6.07) is 10.5. The maximum Gasteiger partial charge on any atom is 0.416 e. The fourth-order valence-electron chi connectivity index (χ4n) is 2.81. The zero-order chi connectivity index (χ0) is 25.3. The first-order chi connectivity index (χ1) is 15.7. The minimum absolute atomic E-state index is 0.202. The van der Waals surface area contributed by atoms with Gasteiger partial charge in [-0.2, -0.15) is 26.3 Å². The van der Waals surface area contributed by atoms with Crippen LogP contribution in [0.3, 0.4) is 0 Å². The molecule has 0 aliphatic carbocycles. The summed E-state index contributed by atoms with van der Waals surface area (Å²) in [5.74, 6) is -0.956. The first-order valence-electron chi connectivity index (χ1n) is 9.15. The molecule has 0 bridgehead atoms. The van der Waals surface area contributed by atoms with E-state index in [0.29, 0.717) is 22.7 Å². The van der Waals surface area contributed by atoms with E-state index in [1.807, 2.05) is 0 Å². The van der Waals surface area contributed by atoms with Gasteiger partial charge in [-0.3, -0.25) is 9.52 Å². The highest BCUT2D eigenvalue weighted by Crippen LogP contribution is 2.33. The van der Waals surface area contributed by atoms with Crippen molar-refractivity contribution in [3.63, 3.8) is 0 Å². The second kappa shape index (κ2) is 9.29. The van der Waals surface area contributed by atoms with Crippen molar-refractivity contribution in [2.24, 2.45) is 0 Å². The Morgan fingerprint density at radius 1 is 0.794 bits per heavy atom. The molecule has 34 heavy (non-hydrogen) atoms. The molecule has 5 nitrogen and oxygen atoms in total. The number of anilines is 2. The van der Waals surface area contributed by atoms with Crippen LogP contribution in [0.4, 0.5) is 37.7 Å². The lowest BCUT2D eigenvalue weighted by Gasteiger charge is -2.15. The molecule has 0 aromatic heterocycles. The number of benzene rings is 3. The summed E-state index contributed by atoms with van der Waals surface area (Å²) in [4.78, 5) is 12.1. The van der Waals surface area contributed by atoms with Crippen molar-refractivity contribution in [1.82, 2.24) is 0 Å². The number of alkyl halides is 6. The maximum absolute atomic E-state index is 13.0. The van der Waals surface area contributed by atoms with Gasteiger partial charge in [-0.15, -0.1) is 0 Å². The number of sulfonamides is 1. The molecule has 0 fully saturated rings. The molecule has 1 amide bonds. The lowest BCUT2D eigenvalue weighted by Crippen LogP contribution is -2.19. The Bertz CT molecular complexity index is 1340. The lowest BCUT2D eigenvalue weighted by atomic mass is 10.1. The highest BCUT2D eigenvalue weighted by atomic mass is 79.9. The molecule has 0 atom stereocenters. The smallest absolute Gasteiger partial charge is 0.322 e. The van der Waals surface area contributed by atoms with Gasteiger partial charge in [0.05, 0.1) is 27.3 Å². The third-order valence-electron chi connectivity index (χ3n) is 4.39. The minimum atomic E-state index is -4.78. The van der Waals surface area contributed by atoms with Gasteiger partial charge in [0.1, 0.15) is 0 Å². The van der Waals surface area contributed by atoms with E-state index in [9.17, 15) is 39.6 Å². The van der Waals surface area contributed by atoms with Gasteiger partial charge >= 0.3 is 12.4 Å². The first kappa shape index (κ1) is 25.6. The van der Waals surface area contributed by atoms with E-state index in [1.165, 1.54) is 24.3 Å². The Morgan fingerprint density at radius 3 is 2.00 bits per heavy atom. The molecule has 180 valence electrons. The quantitative estimate of drug-likeness (QED) is 0.344. The van der Waals surface area contributed by atoms with Gasteiger partial charge in [-0.05, 0) is 54.6 Å². The molecule has 2 N–H and O–H groups in total. The number of hydrogen-bond donors (Lipinski definition) is 2. The molecule has 3 rings (SSSR count). The summed E-state index contributed by atoms with van der Waals surface area (Å²) in [5, 5.41) is 2.25. The lowest BCUT2D eigenvalue weighted by molar-refractivity contribution is -0.138. The van der Waals surface area contributed by atoms with Crippen LogP contribution in [0.5, 0.6) is 0 Å². The largest absolute Gasteiger partial charge is 0.416 e. The van der Waals surface area contributed by atoms with Gasteiger partial charge in [-0.1, -0.05) is 28.1 Å². The summed E-state index contributed by atoms with van der Waals surface area (Å²) in [6.07, 6.45) is -9.43. The summed E-state index contributed by atoms with van der Waals surface area (Å²) < 4.78 is 105. The monoisotopic (exact) mass is 566 g/mol. The van der Waals surface area contributed by atoms with Gasteiger partial charge < -0.3 is 5.32 Å². The van der Waals surface area contributed by atoms with Crippen LogP contribution in [0.1, 0.15) is 21.5 Å². The number of carbonyl (C=O) groups is 1. The third-order valence-corrected chi connectivity index (χ3v) is 6.25. The Kier molecular flexibility index (Phi) is 6.99. The summed E-state index contributed by atoms with van der Waals surface area (Å²) in [7, 11) is -4.56. The molecule has 3 aromatic carbocycles. The van der Waals surface area contributed by atoms with Crippen LogP contribution in [0.15, 0.2) is 76.1 Å². The molecule has 0 radical (unpaired) electrons. The summed E-state index contributed by atoms with van der Waals surface area (Å²) in [5.41, 5.74) is -2.99. The summed E-state index contributed by atoms with van der Waals surface area (Å²) in [6.45, 7) is 0. The van der Waals surface area contributed by atoms with E-state index >= 15 is 0 Å². The minimum Gasteiger partial charge on any atom is -0.322 e. The van der Waals surface area contributed by atoms with E-state index in [2.05, 4.69) is 26.0 Å². The molecule has 0 saturated carbocycles. The standard InChI is InChI=1S/C21H13BrF6N2O3S/c22-14-7-8-18(30-34(32,33)16-6-2-4-13(10-16)21(26,27)28)17(11-14)19(31)29-15-5-1-3-12(9-15)20(23,24)25/h1-11,30H,(H,29,31). The average Bonchev–Trinajstić information content (AvgIpc) is 2.74. The Morgan fingerprint density at radius 2 is 1.38 bits per heavy atom. The number of rotatable bonds is 5. The average molecular weight is 567 g/mol. The molecule has 0 aliphatic rings. The van der Waals surface area contributed by atoms with Crippen molar-refractivity contribution in [3.05, 3.63) is 87.9 Å². The van der Waals surface area contributed by atoms with Gasteiger partial charge in [0.2, 0.25) is 0 Å². The molecule has 0 heterocycles. The van der Waals surface area contributed by atoms with Gasteiger partial charge in [0, 0.05) is 10.2 Å². The molecular weight excluding hydrogens is 554 g/mol. The number of hydrogen-bond acceptors (Lipinski definition) is 3. The molecular formula is C21H13BrF6N2O3S. The Balaban J connectivity index is 1.93. The molecule has 3 aromatic rings. The van der Waals surface area contributed by atoms with Crippen LogP contribution in [0.25, 0.3) is 0 Å². The molecule has 13 heteroatoms. The van der Waals surface area contributed by atoms with Gasteiger partial charge in [0.15, 0.2) is 0 Å². The number of carbonyl (C=O) groups excluding carboxylic acids is 1. The topological polar surface area (TPSA) is 75.3 Å². The van der Waals surface area contributed by atoms with Crippen molar-refractivity contribution in [2.75, 3.05) is 10.0 Å². The van der Waals surface area contributed by atoms with Crippen LogP contribution < -0.4 is 10.0 Å². The Labute approximate surface area is 198 Å². The van der Waals surface area contributed by atoms with E-state index < -0.39 is 44.3 Å². The third kappa shape index (κ3) is 6.08. The normalized spacial score (nSPS) is 12.3. The molecule has 0 spiro atoms.